The van der Waals surface area contributed by atoms with Crippen LogP contribution in [0.3, 0.4) is 0 Å². The summed E-state index contributed by atoms with van der Waals surface area (Å²) in [5, 5.41) is 13.7. The maximum atomic E-state index is 12.4. The van der Waals surface area contributed by atoms with Gasteiger partial charge in [-0.15, -0.1) is 0 Å². The number of benzene rings is 1. The van der Waals surface area contributed by atoms with E-state index >= 15 is 0 Å². The van der Waals surface area contributed by atoms with Crippen molar-refractivity contribution in [3.8, 4) is 0 Å². The van der Waals surface area contributed by atoms with Gasteiger partial charge in [0.1, 0.15) is 0 Å². The summed E-state index contributed by atoms with van der Waals surface area (Å²) in [7, 11) is -3.22. The smallest absolute Gasteiger partial charge is 0.274 e. The first-order chi connectivity index (χ1) is 11.3. The summed E-state index contributed by atoms with van der Waals surface area (Å²) >= 11 is 0. The lowest BCUT2D eigenvalue weighted by atomic mass is 9.97. The number of hydrogen-bond donors (Lipinski definition) is 1. The highest BCUT2D eigenvalue weighted by Gasteiger charge is 2.30. The lowest BCUT2D eigenvalue weighted by Crippen LogP contribution is -2.42. The second-order valence-electron chi connectivity index (χ2n) is 5.77. The maximum Gasteiger partial charge on any atom is 0.274 e. The van der Waals surface area contributed by atoms with Crippen LogP contribution in [0.5, 0.6) is 0 Å². The predicted octanol–water partition coefficient (Wildman–Crippen LogP) is 1.90. The maximum absolute atomic E-state index is 12.4. The van der Waals surface area contributed by atoms with Crippen LogP contribution in [0.15, 0.2) is 18.2 Å². The molecule has 0 bridgehead atoms. The van der Waals surface area contributed by atoms with Crippen molar-refractivity contribution in [1.82, 2.24) is 4.31 Å². The number of nitrogens with one attached hydrogen (secondary N) is 1. The third-order valence-corrected chi connectivity index (χ3v) is 6.22. The number of hydrogen-bond acceptors (Lipinski definition) is 5. The van der Waals surface area contributed by atoms with Gasteiger partial charge in [-0.3, -0.25) is 14.9 Å². The summed E-state index contributed by atoms with van der Waals surface area (Å²) < 4.78 is 25.1. The van der Waals surface area contributed by atoms with Crippen molar-refractivity contribution < 1.29 is 18.1 Å². The van der Waals surface area contributed by atoms with Gasteiger partial charge in [-0.25, -0.2) is 12.7 Å². The predicted molar refractivity (Wildman–Crippen MR) is 90.2 cm³/mol. The highest BCUT2D eigenvalue weighted by molar-refractivity contribution is 7.89. The first kappa shape index (κ1) is 18.3. The van der Waals surface area contributed by atoms with Gasteiger partial charge in [-0.2, -0.15) is 0 Å². The standard InChI is InChI=1S/C15H21N3O5S/c1-3-24(22,23)17-9-7-12(8-10-17)15(19)16-13-5-4-6-14(11(13)2)18(20)21/h4-6,12H,3,7-10H2,1-2H3,(H,16,19). The van der Waals surface area contributed by atoms with E-state index in [1.807, 2.05) is 0 Å². The van der Waals surface area contributed by atoms with Crippen LogP contribution in [-0.2, 0) is 14.8 Å². The monoisotopic (exact) mass is 355 g/mol. The molecule has 1 amide bonds. The molecule has 1 aromatic carbocycles. The van der Waals surface area contributed by atoms with E-state index in [2.05, 4.69) is 5.32 Å². The Kier molecular flexibility index (Phi) is 5.55. The number of nitro groups is 1. The minimum absolute atomic E-state index is 0.0448. The Labute approximate surface area is 141 Å². The first-order valence-electron chi connectivity index (χ1n) is 7.79. The van der Waals surface area contributed by atoms with Crippen LogP contribution in [0.4, 0.5) is 11.4 Å². The number of sulfonamides is 1. The van der Waals surface area contributed by atoms with Gasteiger partial charge in [0.25, 0.3) is 5.69 Å². The molecule has 0 saturated carbocycles. The average molecular weight is 355 g/mol. The fourth-order valence-electron chi connectivity index (χ4n) is 2.77. The van der Waals surface area contributed by atoms with Gasteiger partial charge < -0.3 is 5.32 Å². The van der Waals surface area contributed by atoms with Crippen LogP contribution in [0, 0.1) is 23.0 Å². The van der Waals surface area contributed by atoms with E-state index in [0.717, 1.165) is 0 Å². The van der Waals surface area contributed by atoms with Gasteiger partial charge >= 0.3 is 0 Å². The molecule has 1 aliphatic heterocycles. The highest BCUT2D eigenvalue weighted by atomic mass is 32.2. The Morgan fingerprint density at radius 2 is 2.00 bits per heavy atom. The van der Waals surface area contributed by atoms with Crippen LogP contribution in [0.1, 0.15) is 25.3 Å². The van der Waals surface area contributed by atoms with Crippen molar-refractivity contribution in [3.63, 3.8) is 0 Å². The molecule has 1 aliphatic rings. The Bertz CT molecular complexity index is 739. The molecule has 1 heterocycles. The highest BCUT2D eigenvalue weighted by Crippen LogP contribution is 2.27. The first-order valence-corrected chi connectivity index (χ1v) is 9.40. The fourth-order valence-corrected chi connectivity index (χ4v) is 3.90. The third kappa shape index (κ3) is 3.90. The quantitative estimate of drug-likeness (QED) is 0.641. The molecule has 0 radical (unpaired) electrons. The lowest BCUT2D eigenvalue weighted by molar-refractivity contribution is -0.385. The normalized spacial score (nSPS) is 16.8. The molecule has 24 heavy (non-hydrogen) atoms. The summed E-state index contributed by atoms with van der Waals surface area (Å²) in [5.74, 6) is -0.476. The molecule has 1 fully saturated rings. The van der Waals surface area contributed by atoms with Crippen LogP contribution in [-0.4, -0.2) is 42.4 Å². The van der Waals surface area contributed by atoms with Gasteiger partial charge in [0.15, 0.2) is 0 Å². The number of anilines is 1. The Balaban J connectivity index is 2.03. The minimum atomic E-state index is -3.22. The van der Waals surface area contributed by atoms with Crippen molar-refractivity contribution >= 4 is 27.3 Å². The molecule has 0 spiro atoms. The average Bonchev–Trinajstić information content (AvgIpc) is 2.56. The summed E-state index contributed by atoms with van der Waals surface area (Å²) in [5.41, 5.74) is 0.774. The Morgan fingerprint density at radius 1 is 1.38 bits per heavy atom. The van der Waals surface area contributed by atoms with E-state index in [1.54, 1.807) is 19.9 Å². The number of nitro benzene ring substituents is 1. The molecular formula is C15H21N3O5S. The Hall–Kier alpha value is -2.00. The van der Waals surface area contributed by atoms with Gasteiger partial charge in [0.05, 0.1) is 21.9 Å². The van der Waals surface area contributed by atoms with Gasteiger partial charge in [-0.05, 0) is 32.8 Å². The SMILES string of the molecule is CCS(=O)(=O)N1CCC(C(=O)Nc2cccc([N+](=O)[O-])c2C)CC1. The number of carbonyl (C=O) groups is 1. The summed E-state index contributed by atoms with van der Waals surface area (Å²) in [4.78, 5) is 22.8. The number of amides is 1. The van der Waals surface area contributed by atoms with Gasteiger partial charge in [0, 0.05) is 25.1 Å². The van der Waals surface area contributed by atoms with E-state index < -0.39 is 14.9 Å². The van der Waals surface area contributed by atoms with E-state index in [1.165, 1.54) is 16.4 Å². The lowest BCUT2D eigenvalue weighted by Gasteiger charge is -2.30. The molecule has 8 nitrogen and oxygen atoms in total. The van der Waals surface area contributed by atoms with E-state index in [0.29, 0.717) is 37.2 Å². The zero-order valence-electron chi connectivity index (χ0n) is 13.7. The molecule has 0 unspecified atom stereocenters. The molecule has 1 N–H and O–H groups in total. The third-order valence-electron chi connectivity index (χ3n) is 4.34. The van der Waals surface area contributed by atoms with Crippen LogP contribution in [0.2, 0.25) is 0 Å². The molecule has 2 rings (SSSR count). The second kappa shape index (κ2) is 7.27. The molecule has 0 aromatic heterocycles. The topological polar surface area (TPSA) is 110 Å². The minimum Gasteiger partial charge on any atom is -0.325 e. The van der Waals surface area contributed by atoms with Crippen molar-refractivity contribution in [2.45, 2.75) is 26.7 Å². The van der Waals surface area contributed by atoms with Gasteiger partial charge in [-0.1, -0.05) is 6.07 Å². The van der Waals surface area contributed by atoms with Crippen molar-refractivity contribution in [1.29, 1.82) is 0 Å². The molecule has 0 atom stereocenters. The summed E-state index contributed by atoms with van der Waals surface area (Å²) in [6, 6.07) is 4.53. The zero-order chi connectivity index (χ0) is 17.9. The number of rotatable bonds is 5. The zero-order valence-corrected chi connectivity index (χ0v) is 14.5. The van der Waals surface area contributed by atoms with E-state index in [9.17, 15) is 23.3 Å². The number of piperidine rings is 1. The fraction of sp³-hybridized carbons (Fsp3) is 0.533. The molecule has 0 aliphatic carbocycles. The van der Waals surface area contributed by atoms with Crippen LogP contribution < -0.4 is 5.32 Å². The number of carbonyl (C=O) groups excluding carboxylic acids is 1. The Morgan fingerprint density at radius 3 is 2.54 bits per heavy atom. The van der Waals surface area contributed by atoms with E-state index in [4.69, 9.17) is 0 Å². The summed E-state index contributed by atoms with van der Waals surface area (Å²) in [6.07, 6.45) is 0.887. The van der Waals surface area contributed by atoms with Crippen molar-refractivity contribution in [2.24, 2.45) is 5.92 Å². The number of nitrogens with zero attached hydrogens (tertiary/aromatic N) is 2. The molecule has 9 heteroatoms. The second-order valence-corrected chi connectivity index (χ2v) is 8.03. The van der Waals surface area contributed by atoms with E-state index in [-0.39, 0.29) is 23.3 Å². The molecular weight excluding hydrogens is 334 g/mol. The largest absolute Gasteiger partial charge is 0.325 e. The van der Waals surface area contributed by atoms with Crippen LogP contribution in [0.25, 0.3) is 0 Å². The van der Waals surface area contributed by atoms with Crippen molar-refractivity contribution in [2.75, 3.05) is 24.2 Å². The molecule has 1 aromatic rings. The van der Waals surface area contributed by atoms with Crippen LogP contribution >= 0.6 is 0 Å². The molecule has 1 saturated heterocycles. The molecule has 132 valence electrons. The summed E-state index contributed by atoms with van der Waals surface area (Å²) in [6.45, 7) is 3.83. The van der Waals surface area contributed by atoms with Crippen molar-refractivity contribution in [3.05, 3.63) is 33.9 Å². The van der Waals surface area contributed by atoms with Gasteiger partial charge in [0.2, 0.25) is 15.9 Å².